The fourth-order valence-electron chi connectivity index (χ4n) is 1.27. The van der Waals surface area contributed by atoms with Gasteiger partial charge in [-0.2, -0.15) is 0 Å². The van der Waals surface area contributed by atoms with Crippen molar-refractivity contribution in [3.8, 4) is 0 Å². The van der Waals surface area contributed by atoms with Gasteiger partial charge in [-0.3, -0.25) is 4.39 Å². The highest BCUT2D eigenvalue weighted by Gasteiger charge is 1.91. The zero-order valence-electron chi connectivity index (χ0n) is 7.90. The summed E-state index contributed by atoms with van der Waals surface area (Å²) in [6.45, 7) is 0.159. The average Bonchev–Trinajstić information content (AvgIpc) is 2.10. The molecule has 2 heteroatoms. The van der Waals surface area contributed by atoms with Crippen LogP contribution in [0.25, 0.3) is 0 Å². The molecule has 0 saturated carbocycles. The standard InChI is InChI=1S/C10H20FN/c11-9-7-5-3-1-2-4-6-8-10-12/h1-10H2. The Hall–Kier alpha value is -0.110. The van der Waals surface area contributed by atoms with Gasteiger partial charge in [0.15, 0.2) is 0 Å². The monoisotopic (exact) mass is 173 g/mol. The number of nitrogens with zero attached hydrogens (tertiary/aromatic N) is 1. The van der Waals surface area contributed by atoms with Gasteiger partial charge in [0, 0.05) is 6.54 Å². The molecule has 72 valence electrons. The van der Waals surface area contributed by atoms with E-state index in [-0.39, 0.29) is 6.67 Å². The van der Waals surface area contributed by atoms with E-state index in [0.29, 0.717) is 6.54 Å². The van der Waals surface area contributed by atoms with Crippen LogP contribution in [-0.4, -0.2) is 13.2 Å². The van der Waals surface area contributed by atoms with Crippen LogP contribution in [0.5, 0.6) is 0 Å². The van der Waals surface area contributed by atoms with Gasteiger partial charge in [-0.25, -0.2) is 0 Å². The lowest BCUT2D eigenvalue weighted by Gasteiger charge is -1.99. The van der Waals surface area contributed by atoms with Gasteiger partial charge >= 0.3 is 0 Å². The Kier molecular flexibility index (Phi) is 10.8. The molecule has 0 rings (SSSR count). The van der Waals surface area contributed by atoms with Gasteiger partial charge in [0.2, 0.25) is 0 Å². The highest BCUT2D eigenvalue weighted by molar-refractivity contribution is 4.46. The third-order valence-corrected chi connectivity index (χ3v) is 2.04. The molecule has 0 N–H and O–H groups in total. The average molecular weight is 173 g/mol. The fourth-order valence-corrected chi connectivity index (χ4v) is 1.27. The molecule has 0 aromatic heterocycles. The minimum atomic E-state index is -0.162. The lowest BCUT2D eigenvalue weighted by molar-refractivity contribution is 0.449. The summed E-state index contributed by atoms with van der Waals surface area (Å²) < 4.78 is 11.6. The molecular weight excluding hydrogens is 153 g/mol. The van der Waals surface area contributed by atoms with E-state index in [0.717, 1.165) is 25.7 Å². The number of rotatable bonds is 9. The van der Waals surface area contributed by atoms with E-state index in [2.05, 4.69) is 0 Å². The van der Waals surface area contributed by atoms with Crippen LogP contribution in [0.2, 0.25) is 0 Å². The van der Waals surface area contributed by atoms with E-state index in [1.165, 1.54) is 25.7 Å². The summed E-state index contributed by atoms with van der Waals surface area (Å²) >= 11 is 0. The quantitative estimate of drug-likeness (QED) is 0.478. The Labute approximate surface area is 75.5 Å². The fraction of sp³-hybridized carbons (Fsp3) is 1.00. The zero-order chi connectivity index (χ0) is 9.07. The topological polar surface area (TPSA) is 22.3 Å². The third kappa shape index (κ3) is 9.89. The van der Waals surface area contributed by atoms with Crippen molar-refractivity contribution in [2.24, 2.45) is 0 Å². The molecule has 0 amide bonds. The highest BCUT2D eigenvalue weighted by Crippen LogP contribution is 2.08. The third-order valence-electron chi connectivity index (χ3n) is 2.04. The van der Waals surface area contributed by atoms with Crippen LogP contribution in [-0.2, 0) is 0 Å². The second-order valence-corrected chi connectivity index (χ2v) is 3.24. The summed E-state index contributed by atoms with van der Waals surface area (Å²) in [7, 11) is 0. The smallest absolute Gasteiger partial charge is 0.0894 e. The van der Waals surface area contributed by atoms with Gasteiger partial charge in [0.1, 0.15) is 0 Å². The zero-order valence-corrected chi connectivity index (χ0v) is 7.90. The van der Waals surface area contributed by atoms with E-state index < -0.39 is 0 Å². The molecule has 1 nitrogen and oxygen atoms in total. The normalized spacial score (nSPS) is 10.5. The van der Waals surface area contributed by atoms with Gasteiger partial charge in [-0.1, -0.05) is 38.5 Å². The molecular formula is C10H20FN. The SMILES string of the molecule is [N]CCCCCCCCCCF. The van der Waals surface area contributed by atoms with Crippen molar-refractivity contribution in [3.05, 3.63) is 0 Å². The maximum Gasteiger partial charge on any atom is 0.0894 e. The molecule has 0 heterocycles. The second-order valence-electron chi connectivity index (χ2n) is 3.24. The molecule has 0 aromatic carbocycles. The van der Waals surface area contributed by atoms with E-state index in [9.17, 15) is 4.39 Å². The van der Waals surface area contributed by atoms with Crippen molar-refractivity contribution >= 4 is 0 Å². The van der Waals surface area contributed by atoms with Crippen LogP contribution < -0.4 is 5.73 Å². The first-order valence-corrected chi connectivity index (χ1v) is 5.08. The van der Waals surface area contributed by atoms with E-state index in [4.69, 9.17) is 5.73 Å². The molecule has 0 aliphatic carbocycles. The second kappa shape index (κ2) is 10.9. The lowest BCUT2D eigenvalue weighted by atomic mass is 10.1. The summed E-state index contributed by atoms with van der Waals surface area (Å²) in [5.74, 6) is 0. The van der Waals surface area contributed by atoms with Crippen LogP contribution >= 0.6 is 0 Å². The van der Waals surface area contributed by atoms with Crippen molar-refractivity contribution in [1.82, 2.24) is 5.73 Å². The van der Waals surface area contributed by atoms with E-state index in [1.807, 2.05) is 0 Å². The minimum Gasteiger partial charge on any atom is -0.251 e. The molecule has 0 atom stereocenters. The lowest BCUT2D eigenvalue weighted by Crippen LogP contribution is -1.86. The van der Waals surface area contributed by atoms with Crippen LogP contribution in [0.3, 0.4) is 0 Å². The first-order chi connectivity index (χ1) is 5.91. The largest absolute Gasteiger partial charge is 0.251 e. The Morgan fingerprint density at radius 3 is 1.50 bits per heavy atom. The molecule has 0 aliphatic heterocycles. The van der Waals surface area contributed by atoms with Gasteiger partial charge in [0.25, 0.3) is 0 Å². The predicted molar refractivity (Wildman–Crippen MR) is 49.9 cm³/mol. The molecule has 0 aromatic rings. The highest BCUT2D eigenvalue weighted by atomic mass is 19.1. The Balaban J connectivity index is 2.73. The number of alkyl halides is 1. The van der Waals surface area contributed by atoms with Gasteiger partial charge < -0.3 is 0 Å². The van der Waals surface area contributed by atoms with Gasteiger partial charge in [-0.05, 0) is 12.8 Å². The molecule has 0 saturated heterocycles. The molecule has 0 fully saturated rings. The Morgan fingerprint density at radius 1 is 0.667 bits per heavy atom. The molecule has 0 spiro atoms. The molecule has 0 bridgehead atoms. The van der Waals surface area contributed by atoms with Crippen LogP contribution in [0.4, 0.5) is 4.39 Å². The number of unbranched alkanes of at least 4 members (excludes halogenated alkanes) is 7. The van der Waals surface area contributed by atoms with Gasteiger partial charge in [-0.15, -0.1) is 5.73 Å². The summed E-state index contributed by atoms with van der Waals surface area (Å²) in [6, 6.07) is 0. The van der Waals surface area contributed by atoms with Crippen molar-refractivity contribution in [2.75, 3.05) is 13.2 Å². The van der Waals surface area contributed by atoms with Crippen molar-refractivity contribution in [2.45, 2.75) is 51.4 Å². The van der Waals surface area contributed by atoms with E-state index >= 15 is 0 Å². The summed E-state index contributed by atoms with van der Waals surface area (Å²) in [5, 5.41) is 0. The van der Waals surface area contributed by atoms with Crippen LogP contribution in [0.1, 0.15) is 51.4 Å². The number of halogens is 1. The molecule has 2 radical (unpaired) electrons. The van der Waals surface area contributed by atoms with E-state index in [1.54, 1.807) is 0 Å². The molecule has 0 unspecified atom stereocenters. The Bertz CT molecular complexity index is 66.2. The van der Waals surface area contributed by atoms with Crippen molar-refractivity contribution in [3.63, 3.8) is 0 Å². The first-order valence-electron chi connectivity index (χ1n) is 5.08. The predicted octanol–water partition coefficient (Wildman–Crippen LogP) is 3.15. The maximum absolute atomic E-state index is 11.6. The summed E-state index contributed by atoms with van der Waals surface area (Å²) in [6.07, 6.45) is 8.70. The maximum atomic E-state index is 11.6. The summed E-state index contributed by atoms with van der Waals surface area (Å²) in [5.41, 5.74) is 8.50. The van der Waals surface area contributed by atoms with Crippen molar-refractivity contribution in [1.29, 1.82) is 0 Å². The molecule has 12 heavy (non-hydrogen) atoms. The number of hydrogen-bond acceptors (Lipinski definition) is 0. The first kappa shape index (κ1) is 11.9. The number of hydrogen-bond donors (Lipinski definition) is 0. The molecule has 0 aliphatic rings. The van der Waals surface area contributed by atoms with Crippen molar-refractivity contribution < 1.29 is 4.39 Å². The van der Waals surface area contributed by atoms with Crippen LogP contribution in [0, 0.1) is 0 Å². The minimum absolute atomic E-state index is 0.162. The van der Waals surface area contributed by atoms with Crippen LogP contribution in [0.15, 0.2) is 0 Å². The summed E-state index contributed by atoms with van der Waals surface area (Å²) in [4.78, 5) is 0. The Morgan fingerprint density at radius 2 is 1.08 bits per heavy atom. The van der Waals surface area contributed by atoms with Gasteiger partial charge in [0.05, 0.1) is 6.67 Å².